The van der Waals surface area contributed by atoms with Crippen LogP contribution in [0.15, 0.2) is 0 Å². The third-order valence-electron chi connectivity index (χ3n) is 2.56. The van der Waals surface area contributed by atoms with E-state index in [2.05, 4.69) is 13.8 Å². The van der Waals surface area contributed by atoms with Gasteiger partial charge in [0.2, 0.25) is 0 Å². The summed E-state index contributed by atoms with van der Waals surface area (Å²) in [5, 5.41) is 18.1. The van der Waals surface area contributed by atoms with Crippen molar-refractivity contribution in [1.29, 1.82) is 0 Å². The van der Waals surface area contributed by atoms with E-state index in [4.69, 9.17) is 5.11 Å². The SMILES string of the molecule is CCC(O)N(C)C.CCC(O)N(CC)CC. The van der Waals surface area contributed by atoms with E-state index < -0.39 is 0 Å². The minimum atomic E-state index is -0.264. The van der Waals surface area contributed by atoms with Gasteiger partial charge < -0.3 is 10.2 Å². The molecule has 0 saturated carbocycles. The number of aliphatic hydroxyl groups excluding tert-OH is 2. The summed E-state index contributed by atoms with van der Waals surface area (Å²) >= 11 is 0. The van der Waals surface area contributed by atoms with Gasteiger partial charge in [-0.05, 0) is 40.0 Å². The molecule has 0 rings (SSSR count). The Morgan fingerprint density at radius 1 is 0.812 bits per heavy atom. The van der Waals surface area contributed by atoms with Crippen LogP contribution in [0.25, 0.3) is 0 Å². The first-order valence-electron chi connectivity index (χ1n) is 6.20. The molecule has 4 heteroatoms. The van der Waals surface area contributed by atoms with Gasteiger partial charge >= 0.3 is 0 Å². The van der Waals surface area contributed by atoms with Crippen molar-refractivity contribution in [3.05, 3.63) is 0 Å². The molecule has 4 nitrogen and oxygen atoms in total. The third kappa shape index (κ3) is 9.09. The fraction of sp³-hybridized carbons (Fsp3) is 1.00. The van der Waals surface area contributed by atoms with Crippen LogP contribution in [0.2, 0.25) is 0 Å². The van der Waals surface area contributed by atoms with Crippen molar-refractivity contribution >= 4 is 0 Å². The fourth-order valence-corrected chi connectivity index (χ4v) is 1.27. The molecular weight excluding hydrogens is 204 g/mol. The highest BCUT2D eigenvalue weighted by Crippen LogP contribution is 1.97. The lowest BCUT2D eigenvalue weighted by atomic mass is 10.3. The van der Waals surface area contributed by atoms with Crippen molar-refractivity contribution in [2.75, 3.05) is 27.2 Å². The lowest BCUT2D eigenvalue weighted by Crippen LogP contribution is -2.34. The Balaban J connectivity index is 0. The molecule has 0 amide bonds. The van der Waals surface area contributed by atoms with Crippen LogP contribution < -0.4 is 0 Å². The summed E-state index contributed by atoms with van der Waals surface area (Å²) < 4.78 is 0. The van der Waals surface area contributed by atoms with Crippen molar-refractivity contribution in [2.45, 2.75) is 53.0 Å². The highest BCUT2D eigenvalue weighted by molar-refractivity contribution is 4.54. The number of nitrogens with zero attached hydrogens (tertiary/aromatic N) is 2. The Labute approximate surface area is 101 Å². The molecule has 2 unspecified atom stereocenters. The highest BCUT2D eigenvalue weighted by atomic mass is 16.3. The van der Waals surface area contributed by atoms with E-state index in [-0.39, 0.29) is 12.5 Å². The van der Waals surface area contributed by atoms with Gasteiger partial charge in [-0.1, -0.05) is 27.7 Å². The zero-order valence-electron chi connectivity index (χ0n) is 11.8. The molecule has 16 heavy (non-hydrogen) atoms. The molecule has 2 N–H and O–H groups in total. The van der Waals surface area contributed by atoms with Gasteiger partial charge in [0, 0.05) is 0 Å². The molecule has 0 aromatic heterocycles. The van der Waals surface area contributed by atoms with Gasteiger partial charge in [0.15, 0.2) is 0 Å². The lowest BCUT2D eigenvalue weighted by Gasteiger charge is -2.23. The smallest absolute Gasteiger partial charge is 0.107 e. The Morgan fingerprint density at radius 3 is 1.25 bits per heavy atom. The van der Waals surface area contributed by atoms with Gasteiger partial charge in [0.25, 0.3) is 0 Å². The normalized spacial score (nSPS) is 14.6. The molecule has 0 bridgehead atoms. The topological polar surface area (TPSA) is 46.9 Å². The zero-order valence-corrected chi connectivity index (χ0v) is 11.8. The molecule has 0 saturated heterocycles. The maximum Gasteiger partial charge on any atom is 0.107 e. The average Bonchev–Trinajstić information content (AvgIpc) is 2.29. The number of hydrogen-bond acceptors (Lipinski definition) is 4. The van der Waals surface area contributed by atoms with E-state index in [9.17, 15) is 5.11 Å². The maximum absolute atomic E-state index is 9.24. The molecular formula is C12H30N2O2. The van der Waals surface area contributed by atoms with Crippen molar-refractivity contribution < 1.29 is 10.2 Å². The summed E-state index contributed by atoms with van der Waals surface area (Å²) in [6.45, 7) is 9.93. The molecule has 0 aliphatic rings. The predicted molar refractivity (Wildman–Crippen MR) is 69.2 cm³/mol. The first-order chi connectivity index (χ1) is 7.44. The largest absolute Gasteiger partial charge is 0.378 e. The molecule has 0 aromatic rings. The summed E-state index contributed by atoms with van der Waals surface area (Å²) in [7, 11) is 3.71. The van der Waals surface area contributed by atoms with Crippen LogP contribution in [0.1, 0.15) is 40.5 Å². The predicted octanol–water partition coefficient (Wildman–Crippen LogP) is 1.33. The summed E-state index contributed by atoms with van der Waals surface area (Å²) in [6.07, 6.45) is 1.12. The molecule has 0 aromatic carbocycles. The van der Waals surface area contributed by atoms with Gasteiger partial charge in [-0.3, -0.25) is 9.80 Å². The molecule has 0 fully saturated rings. The van der Waals surface area contributed by atoms with E-state index in [1.807, 2.05) is 32.8 Å². The third-order valence-corrected chi connectivity index (χ3v) is 2.56. The second-order valence-corrected chi connectivity index (χ2v) is 3.96. The van der Waals surface area contributed by atoms with Crippen molar-refractivity contribution in [2.24, 2.45) is 0 Å². The number of aliphatic hydroxyl groups is 2. The molecule has 2 atom stereocenters. The minimum absolute atomic E-state index is 0.236. The number of hydrogen-bond donors (Lipinski definition) is 2. The van der Waals surface area contributed by atoms with Crippen LogP contribution >= 0.6 is 0 Å². The summed E-state index contributed by atoms with van der Waals surface area (Å²) in [4.78, 5) is 3.81. The fourth-order valence-electron chi connectivity index (χ4n) is 1.27. The first kappa shape index (κ1) is 18.2. The summed E-state index contributed by atoms with van der Waals surface area (Å²) in [5.74, 6) is 0. The Hall–Kier alpha value is -0.160. The van der Waals surface area contributed by atoms with Crippen LogP contribution in [0.3, 0.4) is 0 Å². The second kappa shape index (κ2) is 11.3. The van der Waals surface area contributed by atoms with E-state index in [0.717, 1.165) is 25.9 Å². The summed E-state index contributed by atoms with van der Waals surface area (Å²) in [6, 6.07) is 0. The molecule has 100 valence electrons. The van der Waals surface area contributed by atoms with E-state index >= 15 is 0 Å². The van der Waals surface area contributed by atoms with Gasteiger partial charge in [0.05, 0.1) is 0 Å². The number of rotatable bonds is 6. The first-order valence-corrected chi connectivity index (χ1v) is 6.20. The van der Waals surface area contributed by atoms with E-state index in [1.165, 1.54) is 0 Å². The van der Waals surface area contributed by atoms with Crippen LogP contribution in [0.5, 0.6) is 0 Å². The van der Waals surface area contributed by atoms with E-state index in [1.54, 1.807) is 4.90 Å². The van der Waals surface area contributed by atoms with Gasteiger partial charge in [-0.15, -0.1) is 0 Å². The maximum atomic E-state index is 9.24. The molecule has 0 spiro atoms. The van der Waals surface area contributed by atoms with Crippen LogP contribution in [-0.2, 0) is 0 Å². The Morgan fingerprint density at radius 2 is 1.19 bits per heavy atom. The quantitative estimate of drug-likeness (QED) is 0.681. The molecule has 0 aliphatic carbocycles. The van der Waals surface area contributed by atoms with Crippen LogP contribution in [0.4, 0.5) is 0 Å². The van der Waals surface area contributed by atoms with E-state index in [0.29, 0.717) is 0 Å². The zero-order chi connectivity index (χ0) is 13.1. The van der Waals surface area contributed by atoms with Crippen molar-refractivity contribution in [3.8, 4) is 0 Å². The van der Waals surface area contributed by atoms with Crippen molar-refractivity contribution in [1.82, 2.24) is 9.80 Å². The summed E-state index contributed by atoms with van der Waals surface area (Å²) in [5.41, 5.74) is 0. The van der Waals surface area contributed by atoms with Gasteiger partial charge in [-0.25, -0.2) is 0 Å². The lowest BCUT2D eigenvalue weighted by molar-refractivity contribution is 0.00835. The average molecular weight is 234 g/mol. The Bertz CT molecular complexity index is 139. The van der Waals surface area contributed by atoms with Gasteiger partial charge in [-0.2, -0.15) is 0 Å². The standard InChI is InChI=1S/C7H17NO.C5H13NO/c1-4-7(9)8(5-2)6-3;1-4-5(7)6(2)3/h7,9H,4-6H2,1-3H3;5,7H,4H2,1-3H3. The minimum Gasteiger partial charge on any atom is -0.378 e. The highest BCUT2D eigenvalue weighted by Gasteiger charge is 2.07. The van der Waals surface area contributed by atoms with Gasteiger partial charge in [0.1, 0.15) is 12.5 Å². The molecule has 0 aliphatic heterocycles. The van der Waals surface area contributed by atoms with Crippen LogP contribution in [0, 0.1) is 0 Å². The van der Waals surface area contributed by atoms with Crippen LogP contribution in [-0.4, -0.2) is 59.7 Å². The Kier molecular flexibility index (Phi) is 12.9. The second-order valence-electron chi connectivity index (χ2n) is 3.96. The molecule has 0 heterocycles. The monoisotopic (exact) mass is 234 g/mol. The molecule has 0 radical (unpaired) electrons. The van der Waals surface area contributed by atoms with Crippen molar-refractivity contribution in [3.63, 3.8) is 0 Å².